The summed E-state index contributed by atoms with van der Waals surface area (Å²) in [6, 6.07) is 12.7. The topological polar surface area (TPSA) is 86.1 Å². The molecule has 0 aliphatic heterocycles. The molecule has 10 heteroatoms. The Kier molecular flexibility index (Phi) is 6.90. The van der Waals surface area contributed by atoms with Crippen LogP contribution in [0.1, 0.15) is 15.9 Å². The first-order valence-electron chi connectivity index (χ1n) is 8.43. The van der Waals surface area contributed by atoms with Crippen molar-refractivity contribution in [2.24, 2.45) is 0 Å². The lowest BCUT2D eigenvalue weighted by molar-refractivity contribution is -0.119. The highest BCUT2D eigenvalue weighted by Crippen LogP contribution is 2.26. The SMILES string of the molecule is O=C(COC(=O)c1ccc(Cn2cncn2)cc1)Nc1ccc(SC(F)F)cc1. The van der Waals surface area contributed by atoms with Gasteiger partial charge in [-0.1, -0.05) is 23.9 Å². The molecule has 3 aromatic rings. The highest BCUT2D eigenvalue weighted by atomic mass is 32.2. The number of esters is 1. The fourth-order valence-corrected chi connectivity index (χ4v) is 2.88. The molecule has 0 aliphatic carbocycles. The van der Waals surface area contributed by atoms with E-state index in [1.807, 2.05) is 0 Å². The fraction of sp³-hybridized carbons (Fsp3) is 0.158. The number of hydrogen-bond acceptors (Lipinski definition) is 6. The normalized spacial score (nSPS) is 10.7. The average molecular weight is 418 g/mol. The van der Waals surface area contributed by atoms with Crippen LogP contribution in [0.25, 0.3) is 0 Å². The third-order valence-electron chi connectivity index (χ3n) is 3.70. The van der Waals surface area contributed by atoms with E-state index in [0.717, 1.165) is 5.56 Å². The zero-order chi connectivity index (χ0) is 20.6. The molecular formula is C19H16F2N4O3S. The molecule has 1 heterocycles. The molecule has 0 saturated carbocycles. The number of aromatic nitrogens is 3. The molecule has 0 aliphatic rings. The second-order valence-electron chi connectivity index (χ2n) is 5.82. The number of ether oxygens (including phenoxy) is 1. The van der Waals surface area contributed by atoms with Crippen LogP contribution in [0.3, 0.4) is 0 Å². The number of benzene rings is 2. The van der Waals surface area contributed by atoms with Crippen LogP contribution in [0.2, 0.25) is 0 Å². The van der Waals surface area contributed by atoms with Crippen LogP contribution < -0.4 is 5.32 Å². The molecule has 0 spiro atoms. The van der Waals surface area contributed by atoms with Crippen molar-refractivity contribution in [1.29, 1.82) is 0 Å². The van der Waals surface area contributed by atoms with Crippen LogP contribution in [0, 0.1) is 0 Å². The Morgan fingerprint density at radius 2 is 1.83 bits per heavy atom. The number of halogens is 2. The van der Waals surface area contributed by atoms with Crippen molar-refractivity contribution in [3.8, 4) is 0 Å². The van der Waals surface area contributed by atoms with E-state index in [1.54, 1.807) is 35.3 Å². The summed E-state index contributed by atoms with van der Waals surface area (Å²) in [7, 11) is 0. The summed E-state index contributed by atoms with van der Waals surface area (Å²) >= 11 is 0.416. The minimum atomic E-state index is -2.51. The quantitative estimate of drug-likeness (QED) is 0.446. The second kappa shape index (κ2) is 9.78. The summed E-state index contributed by atoms with van der Waals surface area (Å²) in [4.78, 5) is 28.2. The molecule has 3 rings (SSSR count). The number of nitrogens with one attached hydrogen (secondary N) is 1. The van der Waals surface area contributed by atoms with Crippen LogP contribution >= 0.6 is 11.8 Å². The van der Waals surface area contributed by atoms with Gasteiger partial charge >= 0.3 is 5.97 Å². The molecule has 0 fully saturated rings. The van der Waals surface area contributed by atoms with Gasteiger partial charge in [-0.15, -0.1) is 0 Å². The van der Waals surface area contributed by atoms with Gasteiger partial charge in [-0.2, -0.15) is 13.9 Å². The van der Waals surface area contributed by atoms with Crippen LogP contribution in [-0.2, 0) is 16.1 Å². The first-order chi connectivity index (χ1) is 14.0. The Balaban J connectivity index is 1.46. The van der Waals surface area contributed by atoms with Crippen LogP contribution in [0.4, 0.5) is 14.5 Å². The Labute approximate surface area is 169 Å². The minimum absolute atomic E-state index is 0.313. The van der Waals surface area contributed by atoms with Gasteiger partial charge in [0.25, 0.3) is 11.7 Å². The number of carbonyl (C=O) groups is 2. The number of carbonyl (C=O) groups excluding carboxylic acids is 2. The van der Waals surface area contributed by atoms with E-state index in [1.165, 1.54) is 30.6 Å². The maximum absolute atomic E-state index is 12.3. The van der Waals surface area contributed by atoms with Crippen molar-refractivity contribution < 1.29 is 23.1 Å². The van der Waals surface area contributed by atoms with Crippen molar-refractivity contribution >= 4 is 29.3 Å². The van der Waals surface area contributed by atoms with Gasteiger partial charge in [0.05, 0.1) is 12.1 Å². The molecule has 7 nitrogen and oxygen atoms in total. The predicted octanol–water partition coefficient (Wildman–Crippen LogP) is 3.44. The molecule has 0 saturated heterocycles. The van der Waals surface area contributed by atoms with Crippen LogP contribution in [-0.4, -0.2) is 39.0 Å². The highest BCUT2D eigenvalue weighted by Gasteiger charge is 2.11. The smallest absolute Gasteiger partial charge is 0.338 e. The molecule has 29 heavy (non-hydrogen) atoms. The zero-order valence-corrected chi connectivity index (χ0v) is 15.8. The van der Waals surface area contributed by atoms with Crippen LogP contribution in [0.15, 0.2) is 66.1 Å². The van der Waals surface area contributed by atoms with Gasteiger partial charge in [0.1, 0.15) is 12.7 Å². The number of thioether (sulfide) groups is 1. The molecule has 150 valence electrons. The first-order valence-corrected chi connectivity index (χ1v) is 9.31. The summed E-state index contributed by atoms with van der Waals surface area (Å²) in [6.45, 7) is 0.0550. The van der Waals surface area contributed by atoms with E-state index < -0.39 is 24.2 Å². The summed E-state index contributed by atoms with van der Waals surface area (Å²) < 4.78 is 31.2. The maximum atomic E-state index is 12.3. The van der Waals surface area contributed by atoms with E-state index >= 15 is 0 Å². The average Bonchev–Trinajstić information content (AvgIpc) is 3.21. The van der Waals surface area contributed by atoms with E-state index in [2.05, 4.69) is 15.4 Å². The molecule has 1 N–H and O–H groups in total. The monoisotopic (exact) mass is 418 g/mol. The van der Waals surface area contributed by atoms with E-state index in [-0.39, 0.29) is 0 Å². The molecule has 0 bridgehead atoms. The Morgan fingerprint density at radius 3 is 2.45 bits per heavy atom. The number of alkyl halides is 2. The zero-order valence-electron chi connectivity index (χ0n) is 15.0. The fourth-order valence-electron chi connectivity index (χ4n) is 2.38. The van der Waals surface area contributed by atoms with Gasteiger partial charge in [0.15, 0.2) is 6.61 Å². The summed E-state index contributed by atoms with van der Waals surface area (Å²) in [6.07, 6.45) is 3.03. The molecule has 0 atom stereocenters. The molecule has 0 unspecified atom stereocenters. The van der Waals surface area contributed by atoms with Crippen molar-refractivity contribution in [1.82, 2.24) is 14.8 Å². The Morgan fingerprint density at radius 1 is 1.10 bits per heavy atom. The summed E-state index contributed by atoms with van der Waals surface area (Å²) in [5.74, 6) is -3.67. The second-order valence-corrected chi connectivity index (χ2v) is 6.88. The van der Waals surface area contributed by atoms with Crippen LogP contribution in [0.5, 0.6) is 0 Å². The molecule has 2 aromatic carbocycles. The lowest BCUT2D eigenvalue weighted by Crippen LogP contribution is -2.20. The molecule has 0 radical (unpaired) electrons. The van der Waals surface area contributed by atoms with Gasteiger partial charge in [-0.05, 0) is 42.0 Å². The van der Waals surface area contributed by atoms with Gasteiger partial charge in [-0.25, -0.2) is 14.5 Å². The first kappa shape index (κ1) is 20.5. The van der Waals surface area contributed by atoms with Crippen molar-refractivity contribution in [3.63, 3.8) is 0 Å². The standard InChI is InChI=1S/C19H16F2N4O3S/c20-19(21)29-16-7-5-15(6-8-16)24-17(26)10-28-18(27)14-3-1-13(2-4-14)9-25-12-22-11-23-25/h1-8,11-12,19H,9-10H2,(H,24,26). The van der Waals surface area contributed by atoms with Crippen molar-refractivity contribution in [3.05, 3.63) is 72.3 Å². The number of hydrogen-bond donors (Lipinski definition) is 1. The Hall–Kier alpha value is -3.27. The largest absolute Gasteiger partial charge is 0.452 e. The number of anilines is 1. The van der Waals surface area contributed by atoms with E-state index in [0.29, 0.717) is 34.5 Å². The van der Waals surface area contributed by atoms with E-state index in [9.17, 15) is 18.4 Å². The highest BCUT2D eigenvalue weighted by molar-refractivity contribution is 7.99. The van der Waals surface area contributed by atoms with Crippen molar-refractivity contribution in [2.75, 3.05) is 11.9 Å². The molecule has 1 aromatic heterocycles. The lowest BCUT2D eigenvalue weighted by Gasteiger charge is -2.08. The van der Waals surface area contributed by atoms with Gasteiger partial charge in [0.2, 0.25) is 0 Å². The predicted molar refractivity (Wildman–Crippen MR) is 103 cm³/mol. The minimum Gasteiger partial charge on any atom is -0.452 e. The van der Waals surface area contributed by atoms with Crippen molar-refractivity contribution in [2.45, 2.75) is 17.2 Å². The van der Waals surface area contributed by atoms with Gasteiger partial charge in [0, 0.05) is 10.6 Å². The third kappa shape index (κ3) is 6.39. The molecule has 1 amide bonds. The lowest BCUT2D eigenvalue weighted by atomic mass is 10.1. The van der Waals surface area contributed by atoms with Gasteiger partial charge < -0.3 is 10.1 Å². The number of rotatable bonds is 8. The Bertz CT molecular complexity index is 949. The van der Waals surface area contributed by atoms with Gasteiger partial charge in [-0.3, -0.25) is 4.79 Å². The number of amides is 1. The number of nitrogens with zero attached hydrogens (tertiary/aromatic N) is 3. The molecular weight excluding hydrogens is 402 g/mol. The third-order valence-corrected chi connectivity index (χ3v) is 4.42. The maximum Gasteiger partial charge on any atom is 0.338 e. The summed E-state index contributed by atoms with van der Waals surface area (Å²) in [5.41, 5.74) is 1.66. The summed E-state index contributed by atoms with van der Waals surface area (Å²) in [5, 5.41) is 6.54. The van der Waals surface area contributed by atoms with E-state index in [4.69, 9.17) is 4.74 Å².